The molecule has 0 radical (unpaired) electrons. The van der Waals surface area contributed by atoms with Crippen molar-refractivity contribution >= 4 is 22.6 Å². The summed E-state index contributed by atoms with van der Waals surface area (Å²) >= 11 is 0. The molecule has 0 aliphatic carbocycles. The van der Waals surface area contributed by atoms with Crippen LogP contribution in [0.3, 0.4) is 0 Å². The van der Waals surface area contributed by atoms with Gasteiger partial charge in [0, 0.05) is 18.9 Å². The fourth-order valence-electron chi connectivity index (χ4n) is 3.63. The van der Waals surface area contributed by atoms with Crippen molar-refractivity contribution in [2.45, 2.75) is 19.9 Å². The van der Waals surface area contributed by atoms with Gasteiger partial charge in [-0.25, -0.2) is 4.79 Å². The Kier molecular flexibility index (Phi) is 5.10. The lowest BCUT2D eigenvalue weighted by Crippen LogP contribution is -2.36. The maximum atomic E-state index is 13.1. The molecule has 7 nitrogen and oxygen atoms in total. The normalized spacial score (nSPS) is 11.0. The molecule has 0 saturated carbocycles. The maximum Gasteiger partial charge on any atom is 0.329 e. The van der Waals surface area contributed by atoms with Gasteiger partial charge < -0.3 is 14.9 Å². The highest BCUT2D eigenvalue weighted by molar-refractivity contribution is 6.12. The van der Waals surface area contributed by atoms with E-state index >= 15 is 0 Å². The second-order valence-electron chi connectivity index (χ2n) is 7.15. The first-order valence-electron chi connectivity index (χ1n) is 9.75. The van der Waals surface area contributed by atoms with Crippen LogP contribution in [-0.4, -0.2) is 20.0 Å². The number of nitrogens with one attached hydrogen (secondary N) is 2. The minimum atomic E-state index is -0.550. The number of anilines is 1. The van der Waals surface area contributed by atoms with Gasteiger partial charge in [0.15, 0.2) is 0 Å². The lowest BCUT2D eigenvalue weighted by molar-refractivity contribution is 0.102. The zero-order valence-corrected chi connectivity index (χ0v) is 16.8. The van der Waals surface area contributed by atoms with E-state index in [1.807, 2.05) is 61.5 Å². The number of aryl methyl sites for hydroxylation is 2. The van der Waals surface area contributed by atoms with Crippen LogP contribution in [0.2, 0.25) is 0 Å². The van der Waals surface area contributed by atoms with Crippen molar-refractivity contribution in [2.24, 2.45) is 7.05 Å². The predicted octanol–water partition coefficient (Wildman–Crippen LogP) is 2.89. The SMILES string of the molecule is CCc1ccccc1NC(=O)c1cn(C)c2c(=O)n(Cc3ccccc3)c(=O)[nH]c12. The molecule has 7 heteroatoms. The van der Waals surface area contributed by atoms with Crippen LogP contribution in [0, 0.1) is 0 Å². The third-order valence-corrected chi connectivity index (χ3v) is 5.18. The topological polar surface area (TPSA) is 88.9 Å². The largest absolute Gasteiger partial charge is 0.344 e. The van der Waals surface area contributed by atoms with Gasteiger partial charge in [-0.2, -0.15) is 0 Å². The summed E-state index contributed by atoms with van der Waals surface area (Å²) in [6, 6.07) is 16.8. The number of nitrogens with zero attached hydrogens (tertiary/aromatic N) is 2. The van der Waals surface area contributed by atoms with E-state index in [1.165, 1.54) is 0 Å². The minimum absolute atomic E-state index is 0.154. The van der Waals surface area contributed by atoms with E-state index in [9.17, 15) is 14.4 Å². The third-order valence-electron chi connectivity index (χ3n) is 5.18. The average Bonchev–Trinajstić information content (AvgIpc) is 3.08. The minimum Gasteiger partial charge on any atom is -0.344 e. The van der Waals surface area contributed by atoms with Gasteiger partial charge in [0.05, 0.1) is 17.6 Å². The zero-order chi connectivity index (χ0) is 21.3. The molecule has 2 aromatic heterocycles. The number of hydrogen-bond acceptors (Lipinski definition) is 3. The Morgan fingerprint density at radius 2 is 1.73 bits per heavy atom. The fraction of sp³-hybridized carbons (Fsp3) is 0.174. The van der Waals surface area contributed by atoms with Crippen LogP contribution < -0.4 is 16.6 Å². The van der Waals surface area contributed by atoms with E-state index in [0.29, 0.717) is 5.69 Å². The van der Waals surface area contributed by atoms with E-state index in [0.717, 1.165) is 22.1 Å². The molecule has 0 saturated heterocycles. The summed E-state index contributed by atoms with van der Waals surface area (Å²) in [5.41, 5.74) is 2.33. The molecule has 4 rings (SSSR count). The molecular formula is C23H22N4O3. The Morgan fingerprint density at radius 3 is 2.47 bits per heavy atom. The molecule has 0 atom stereocenters. The van der Waals surface area contributed by atoms with Crippen LogP contribution in [-0.2, 0) is 20.0 Å². The van der Waals surface area contributed by atoms with Crippen LogP contribution in [0.5, 0.6) is 0 Å². The predicted molar refractivity (Wildman–Crippen MR) is 117 cm³/mol. The highest BCUT2D eigenvalue weighted by Gasteiger charge is 2.20. The van der Waals surface area contributed by atoms with Crippen molar-refractivity contribution < 1.29 is 4.79 Å². The molecule has 0 unspecified atom stereocenters. The monoisotopic (exact) mass is 402 g/mol. The number of para-hydroxylation sites is 1. The highest BCUT2D eigenvalue weighted by Crippen LogP contribution is 2.20. The van der Waals surface area contributed by atoms with Crippen molar-refractivity contribution in [2.75, 3.05) is 5.32 Å². The molecule has 2 N–H and O–H groups in total. The summed E-state index contributed by atoms with van der Waals surface area (Å²) in [5.74, 6) is -0.377. The summed E-state index contributed by atoms with van der Waals surface area (Å²) < 4.78 is 2.72. The first-order valence-corrected chi connectivity index (χ1v) is 9.75. The van der Waals surface area contributed by atoms with Gasteiger partial charge in [-0.05, 0) is 23.6 Å². The van der Waals surface area contributed by atoms with Gasteiger partial charge in [-0.1, -0.05) is 55.5 Å². The van der Waals surface area contributed by atoms with Gasteiger partial charge in [0.1, 0.15) is 5.52 Å². The second-order valence-corrected chi connectivity index (χ2v) is 7.15. The molecule has 2 aromatic carbocycles. The Hall–Kier alpha value is -3.87. The van der Waals surface area contributed by atoms with Crippen LogP contribution >= 0.6 is 0 Å². The van der Waals surface area contributed by atoms with E-state index in [-0.39, 0.29) is 29.0 Å². The van der Waals surface area contributed by atoms with Gasteiger partial charge in [0.2, 0.25) is 0 Å². The number of aromatic amines is 1. The Bertz CT molecular complexity index is 1350. The van der Waals surface area contributed by atoms with Gasteiger partial charge >= 0.3 is 5.69 Å². The first-order chi connectivity index (χ1) is 14.5. The molecule has 0 aliphatic rings. The molecule has 30 heavy (non-hydrogen) atoms. The summed E-state index contributed by atoms with van der Waals surface area (Å²) in [7, 11) is 1.69. The van der Waals surface area contributed by atoms with Crippen molar-refractivity contribution in [3.63, 3.8) is 0 Å². The number of aromatic nitrogens is 3. The zero-order valence-electron chi connectivity index (χ0n) is 16.8. The first kappa shape index (κ1) is 19.4. The molecule has 0 bridgehead atoms. The summed E-state index contributed by atoms with van der Waals surface area (Å²) in [4.78, 5) is 41.4. The van der Waals surface area contributed by atoms with Crippen LogP contribution in [0.15, 0.2) is 70.4 Å². The van der Waals surface area contributed by atoms with E-state index in [4.69, 9.17) is 0 Å². The lowest BCUT2D eigenvalue weighted by Gasteiger charge is -2.09. The number of H-pyrrole nitrogens is 1. The summed E-state index contributed by atoms with van der Waals surface area (Å²) in [6.07, 6.45) is 2.34. The van der Waals surface area contributed by atoms with E-state index in [2.05, 4.69) is 10.3 Å². The number of rotatable bonds is 5. The second kappa shape index (κ2) is 7.87. The molecule has 4 aromatic rings. The Morgan fingerprint density at radius 1 is 1.03 bits per heavy atom. The van der Waals surface area contributed by atoms with Crippen molar-refractivity contribution in [1.29, 1.82) is 0 Å². The molecular weight excluding hydrogens is 380 g/mol. The Balaban J connectivity index is 1.77. The highest BCUT2D eigenvalue weighted by atomic mass is 16.2. The van der Waals surface area contributed by atoms with Crippen LogP contribution in [0.4, 0.5) is 5.69 Å². The molecule has 0 spiro atoms. The number of benzene rings is 2. The molecule has 0 fully saturated rings. The van der Waals surface area contributed by atoms with Crippen molar-refractivity contribution in [3.8, 4) is 0 Å². The maximum absolute atomic E-state index is 13.1. The Labute approximate surface area is 172 Å². The van der Waals surface area contributed by atoms with E-state index < -0.39 is 11.2 Å². The van der Waals surface area contributed by atoms with Crippen LogP contribution in [0.1, 0.15) is 28.4 Å². The summed E-state index contributed by atoms with van der Waals surface area (Å²) in [5, 5.41) is 2.89. The van der Waals surface area contributed by atoms with E-state index in [1.54, 1.807) is 17.8 Å². The smallest absolute Gasteiger partial charge is 0.329 e. The van der Waals surface area contributed by atoms with Gasteiger partial charge in [0.25, 0.3) is 11.5 Å². The molecule has 1 amide bonds. The number of amides is 1. The van der Waals surface area contributed by atoms with Gasteiger partial charge in [-0.15, -0.1) is 0 Å². The van der Waals surface area contributed by atoms with Crippen molar-refractivity contribution in [1.82, 2.24) is 14.1 Å². The number of carbonyl (C=O) groups excluding carboxylic acids is 1. The average molecular weight is 402 g/mol. The van der Waals surface area contributed by atoms with Crippen LogP contribution in [0.25, 0.3) is 11.0 Å². The number of fused-ring (bicyclic) bond motifs is 1. The number of hydrogen-bond donors (Lipinski definition) is 2. The third kappa shape index (κ3) is 3.45. The molecule has 0 aliphatic heterocycles. The van der Waals surface area contributed by atoms with Gasteiger partial charge in [-0.3, -0.25) is 14.2 Å². The summed E-state index contributed by atoms with van der Waals surface area (Å²) in [6.45, 7) is 2.16. The standard InChI is InChI=1S/C23H22N4O3/c1-3-16-11-7-8-12-18(16)24-21(28)17-14-26(2)20-19(17)25-23(30)27(22(20)29)13-15-9-5-4-6-10-15/h4-12,14H,3,13H2,1-2H3,(H,24,28)(H,25,30). The quantitative estimate of drug-likeness (QED) is 0.538. The molecule has 2 heterocycles. The van der Waals surface area contributed by atoms with Crippen molar-refractivity contribution in [3.05, 3.63) is 98.3 Å². The molecule has 152 valence electrons. The fourth-order valence-corrected chi connectivity index (χ4v) is 3.63. The number of carbonyl (C=O) groups is 1. The lowest BCUT2D eigenvalue weighted by atomic mass is 10.1.